The van der Waals surface area contributed by atoms with Gasteiger partial charge in [0.1, 0.15) is 5.75 Å². The Morgan fingerprint density at radius 1 is 1.40 bits per heavy atom. The van der Waals surface area contributed by atoms with Gasteiger partial charge in [-0.05, 0) is 12.1 Å². The van der Waals surface area contributed by atoms with Crippen LogP contribution in [0.5, 0.6) is 5.75 Å². The molecule has 1 aromatic carbocycles. The lowest BCUT2D eigenvalue weighted by Crippen LogP contribution is -1.86. The highest BCUT2D eigenvalue weighted by atomic mass is 16.5. The Hall–Kier alpha value is -1.22. The third-order valence-corrected chi connectivity index (χ3v) is 1.09. The summed E-state index contributed by atoms with van der Waals surface area (Å²) >= 11 is 0. The van der Waals surface area contributed by atoms with E-state index in [1.165, 1.54) is 0 Å². The molecule has 0 aliphatic heterocycles. The van der Waals surface area contributed by atoms with Gasteiger partial charge in [0.15, 0.2) is 0 Å². The maximum atomic E-state index is 5.45. The molecule has 0 bridgehead atoms. The second-order valence-corrected chi connectivity index (χ2v) is 1.78. The summed E-state index contributed by atoms with van der Waals surface area (Å²) in [5.74, 6) is 0.801. The third-order valence-electron chi connectivity index (χ3n) is 1.09. The van der Waals surface area contributed by atoms with E-state index >= 15 is 0 Å². The molecule has 3 nitrogen and oxygen atoms in total. The molecule has 0 atom stereocenters. The molecule has 3 heteroatoms. The minimum absolute atomic E-state index is 0. The summed E-state index contributed by atoms with van der Waals surface area (Å²) < 4.78 is 4.92. The maximum Gasteiger partial charge on any atom is 0.120 e. The molecule has 0 saturated heterocycles. The van der Waals surface area contributed by atoms with Gasteiger partial charge in [-0.1, -0.05) is 6.07 Å². The van der Waals surface area contributed by atoms with E-state index < -0.39 is 0 Å². The van der Waals surface area contributed by atoms with Crippen molar-refractivity contribution in [1.82, 2.24) is 0 Å². The van der Waals surface area contributed by atoms with Crippen LogP contribution in [0.2, 0.25) is 0 Å². The number of ether oxygens (including phenoxy) is 1. The standard InChI is InChI=1S/C7H9NO.H2O/c1-9-7-4-2-3-6(8)5-7;/h2-5H,8H2,1H3;1H2. The fourth-order valence-electron chi connectivity index (χ4n) is 0.642. The van der Waals surface area contributed by atoms with E-state index in [1.807, 2.05) is 18.2 Å². The van der Waals surface area contributed by atoms with Gasteiger partial charge < -0.3 is 15.9 Å². The fraction of sp³-hybridized carbons (Fsp3) is 0.143. The van der Waals surface area contributed by atoms with Gasteiger partial charge in [0, 0.05) is 11.8 Å². The monoisotopic (exact) mass is 141 g/mol. The topological polar surface area (TPSA) is 66.8 Å². The average molecular weight is 141 g/mol. The fourth-order valence-corrected chi connectivity index (χ4v) is 0.642. The first-order chi connectivity index (χ1) is 4.33. The van der Waals surface area contributed by atoms with Crippen LogP contribution >= 0.6 is 0 Å². The predicted molar refractivity (Wildman–Crippen MR) is 41.0 cm³/mol. The number of rotatable bonds is 1. The molecule has 0 radical (unpaired) electrons. The molecule has 0 aliphatic carbocycles. The molecule has 0 spiro atoms. The van der Waals surface area contributed by atoms with Crippen LogP contribution in [0.4, 0.5) is 5.69 Å². The predicted octanol–water partition coefficient (Wildman–Crippen LogP) is 0.453. The number of hydrogen-bond donors (Lipinski definition) is 1. The Balaban J connectivity index is 0.000000810. The zero-order valence-electron chi connectivity index (χ0n) is 5.79. The highest BCUT2D eigenvalue weighted by Gasteiger charge is 1.87. The number of hydrogen-bond acceptors (Lipinski definition) is 2. The quantitative estimate of drug-likeness (QED) is 0.577. The molecular formula is C7H11NO2. The molecule has 0 heterocycles. The van der Waals surface area contributed by atoms with E-state index in [2.05, 4.69) is 0 Å². The normalized spacial score (nSPS) is 8.10. The second-order valence-electron chi connectivity index (χ2n) is 1.78. The maximum absolute atomic E-state index is 5.45. The van der Waals surface area contributed by atoms with Gasteiger partial charge in [0.25, 0.3) is 0 Å². The van der Waals surface area contributed by atoms with Crippen LogP contribution in [0.1, 0.15) is 0 Å². The lowest BCUT2D eigenvalue weighted by atomic mass is 10.3. The Labute approximate surface area is 59.7 Å². The van der Waals surface area contributed by atoms with Gasteiger partial charge in [-0.15, -0.1) is 0 Å². The Bertz CT molecular complexity index is 201. The van der Waals surface area contributed by atoms with E-state index in [9.17, 15) is 0 Å². The summed E-state index contributed by atoms with van der Waals surface area (Å²) in [6, 6.07) is 7.31. The molecule has 0 aromatic heterocycles. The van der Waals surface area contributed by atoms with Gasteiger partial charge >= 0.3 is 0 Å². The van der Waals surface area contributed by atoms with Crippen LogP contribution in [-0.2, 0) is 0 Å². The van der Waals surface area contributed by atoms with Crippen molar-refractivity contribution in [3.05, 3.63) is 24.3 Å². The molecular weight excluding hydrogens is 130 g/mol. The minimum atomic E-state index is 0. The van der Waals surface area contributed by atoms with Gasteiger partial charge in [0.05, 0.1) is 7.11 Å². The van der Waals surface area contributed by atoms with Crippen molar-refractivity contribution >= 4 is 5.69 Å². The number of anilines is 1. The van der Waals surface area contributed by atoms with Crippen molar-refractivity contribution < 1.29 is 10.2 Å². The number of benzene rings is 1. The van der Waals surface area contributed by atoms with Gasteiger partial charge in [-0.2, -0.15) is 0 Å². The molecule has 1 rings (SSSR count). The van der Waals surface area contributed by atoms with Crippen LogP contribution < -0.4 is 10.5 Å². The highest BCUT2D eigenvalue weighted by Crippen LogP contribution is 2.12. The van der Waals surface area contributed by atoms with Crippen LogP contribution in [0.15, 0.2) is 24.3 Å². The summed E-state index contributed by atoms with van der Waals surface area (Å²) in [5, 5.41) is 0. The second kappa shape index (κ2) is 3.74. The highest BCUT2D eigenvalue weighted by molar-refractivity contribution is 5.43. The third kappa shape index (κ3) is 1.95. The van der Waals surface area contributed by atoms with Crippen molar-refractivity contribution in [3.8, 4) is 5.75 Å². The summed E-state index contributed by atoms with van der Waals surface area (Å²) in [6.45, 7) is 0. The van der Waals surface area contributed by atoms with Gasteiger partial charge in [-0.25, -0.2) is 0 Å². The Kier molecular flexibility index (Phi) is 3.28. The average Bonchev–Trinajstić information content (AvgIpc) is 1.88. The molecule has 0 aliphatic rings. The van der Waals surface area contributed by atoms with Crippen LogP contribution in [-0.4, -0.2) is 12.6 Å². The lowest BCUT2D eigenvalue weighted by Gasteiger charge is -1.97. The summed E-state index contributed by atoms with van der Waals surface area (Å²) in [4.78, 5) is 0. The molecule has 0 saturated carbocycles. The number of nitrogen functional groups attached to an aromatic ring is 1. The number of methoxy groups -OCH3 is 1. The minimum Gasteiger partial charge on any atom is -0.497 e. The van der Waals surface area contributed by atoms with Crippen molar-refractivity contribution in [2.45, 2.75) is 0 Å². The smallest absolute Gasteiger partial charge is 0.120 e. The summed E-state index contributed by atoms with van der Waals surface area (Å²) in [7, 11) is 1.62. The van der Waals surface area contributed by atoms with Gasteiger partial charge in [0.2, 0.25) is 0 Å². The first-order valence-electron chi connectivity index (χ1n) is 2.72. The Morgan fingerprint density at radius 3 is 2.50 bits per heavy atom. The molecule has 1 aromatic rings. The van der Waals surface area contributed by atoms with Crippen LogP contribution in [0, 0.1) is 0 Å². The molecule has 56 valence electrons. The van der Waals surface area contributed by atoms with E-state index in [0.29, 0.717) is 0 Å². The van der Waals surface area contributed by atoms with E-state index in [4.69, 9.17) is 10.5 Å². The van der Waals surface area contributed by atoms with E-state index in [0.717, 1.165) is 11.4 Å². The van der Waals surface area contributed by atoms with E-state index in [-0.39, 0.29) is 5.48 Å². The summed E-state index contributed by atoms with van der Waals surface area (Å²) in [6.07, 6.45) is 0. The SMILES string of the molecule is COc1cccc(N)c1.O. The Morgan fingerprint density at radius 2 is 2.10 bits per heavy atom. The van der Waals surface area contributed by atoms with Crippen molar-refractivity contribution in [3.63, 3.8) is 0 Å². The molecule has 0 amide bonds. The van der Waals surface area contributed by atoms with Crippen molar-refractivity contribution in [2.75, 3.05) is 12.8 Å². The van der Waals surface area contributed by atoms with Crippen molar-refractivity contribution in [2.24, 2.45) is 0 Å². The first kappa shape index (κ1) is 8.78. The molecule has 0 unspecified atom stereocenters. The largest absolute Gasteiger partial charge is 0.497 e. The molecule has 4 N–H and O–H groups in total. The lowest BCUT2D eigenvalue weighted by molar-refractivity contribution is 0.415. The van der Waals surface area contributed by atoms with Crippen molar-refractivity contribution in [1.29, 1.82) is 0 Å². The van der Waals surface area contributed by atoms with E-state index in [1.54, 1.807) is 13.2 Å². The zero-order valence-corrected chi connectivity index (χ0v) is 5.79. The number of nitrogens with two attached hydrogens (primary N) is 1. The molecule has 10 heavy (non-hydrogen) atoms. The zero-order chi connectivity index (χ0) is 6.69. The van der Waals surface area contributed by atoms with Crippen LogP contribution in [0.3, 0.4) is 0 Å². The summed E-state index contributed by atoms with van der Waals surface area (Å²) in [5.41, 5.74) is 6.19. The first-order valence-corrected chi connectivity index (χ1v) is 2.72. The van der Waals surface area contributed by atoms with Crippen LogP contribution in [0.25, 0.3) is 0 Å². The molecule has 0 fully saturated rings. The van der Waals surface area contributed by atoms with Gasteiger partial charge in [-0.3, -0.25) is 0 Å².